The minimum absolute atomic E-state index is 0.769. The lowest BCUT2D eigenvalue weighted by atomic mass is 10.1. The summed E-state index contributed by atoms with van der Waals surface area (Å²) < 4.78 is 11.4. The number of anilines is 1. The molecule has 1 aliphatic heterocycles. The molecule has 0 saturated heterocycles. The molecule has 0 amide bonds. The van der Waals surface area contributed by atoms with Gasteiger partial charge in [-0.2, -0.15) is 0 Å². The van der Waals surface area contributed by atoms with Crippen molar-refractivity contribution in [1.82, 2.24) is 0 Å². The summed E-state index contributed by atoms with van der Waals surface area (Å²) >= 11 is 0. The van der Waals surface area contributed by atoms with Crippen molar-refractivity contribution >= 4 is 11.8 Å². The van der Waals surface area contributed by atoms with E-state index in [1.165, 1.54) is 0 Å². The number of nitrogens with zero attached hydrogens (tertiary/aromatic N) is 1. The Hall–Kier alpha value is -2.42. The Labute approximate surface area is 125 Å². The Morgan fingerprint density at radius 3 is 2.71 bits per heavy atom. The predicted molar refractivity (Wildman–Crippen MR) is 85.9 cm³/mol. The van der Waals surface area contributed by atoms with E-state index in [2.05, 4.69) is 24.0 Å². The highest BCUT2D eigenvalue weighted by molar-refractivity contribution is 5.66. The molecule has 0 fully saturated rings. The van der Waals surface area contributed by atoms with Crippen LogP contribution in [0.1, 0.15) is 12.5 Å². The van der Waals surface area contributed by atoms with Crippen LogP contribution in [0.3, 0.4) is 0 Å². The van der Waals surface area contributed by atoms with E-state index >= 15 is 0 Å². The van der Waals surface area contributed by atoms with Crippen LogP contribution in [0.25, 0.3) is 6.08 Å². The third kappa shape index (κ3) is 2.72. The first-order chi connectivity index (χ1) is 10.3. The van der Waals surface area contributed by atoms with Crippen LogP contribution < -0.4 is 14.4 Å². The summed E-state index contributed by atoms with van der Waals surface area (Å²) in [7, 11) is 1.69. The molecule has 0 aromatic heterocycles. The van der Waals surface area contributed by atoms with Crippen molar-refractivity contribution in [3.8, 4) is 11.5 Å². The molecule has 0 bridgehead atoms. The van der Waals surface area contributed by atoms with Gasteiger partial charge in [0.1, 0.15) is 17.3 Å². The van der Waals surface area contributed by atoms with Crippen molar-refractivity contribution < 1.29 is 9.47 Å². The summed E-state index contributed by atoms with van der Waals surface area (Å²) in [6.45, 7) is 3.87. The monoisotopic (exact) mass is 281 g/mol. The average molecular weight is 281 g/mol. The van der Waals surface area contributed by atoms with Gasteiger partial charge in [-0.15, -0.1) is 0 Å². The molecule has 1 aliphatic rings. The normalized spacial score (nSPS) is 15.5. The van der Waals surface area contributed by atoms with Crippen LogP contribution in [-0.4, -0.2) is 20.2 Å². The predicted octanol–water partition coefficient (Wildman–Crippen LogP) is 3.96. The van der Waals surface area contributed by atoms with Crippen molar-refractivity contribution in [2.24, 2.45) is 0 Å². The number of likely N-dealkylation sites (N-methyl/N-ethyl adjacent to an activating group) is 1. The lowest BCUT2D eigenvalue weighted by Crippen LogP contribution is -2.30. The molecular weight excluding hydrogens is 262 g/mol. The molecule has 0 unspecified atom stereocenters. The second kappa shape index (κ2) is 5.92. The molecular formula is C18H19NO2. The van der Waals surface area contributed by atoms with Gasteiger partial charge < -0.3 is 14.4 Å². The quantitative estimate of drug-likeness (QED) is 0.850. The Balaban J connectivity index is 1.96. The minimum Gasteiger partial charge on any atom is -0.496 e. The Kier molecular flexibility index (Phi) is 3.82. The Bertz CT molecular complexity index is 664. The second-order valence-electron chi connectivity index (χ2n) is 4.94. The van der Waals surface area contributed by atoms with Gasteiger partial charge in [0.25, 0.3) is 0 Å². The van der Waals surface area contributed by atoms with Gasteiger partial charge in [0.05, 0.1) is 19.3 Å². The first-order valence-corrected chi connectivity index (χ1v) is 7.17. The Morgan fingerprint density at radius 2 is 1.90 bits per heavy atom. The molecule has 3 heteroatoms. The third-order valence-corrected chi connectivity index (χ3v) is 3.63. The highest BCUT2D eigenvalue weighted by Crippen LogP contribution is 2.35. The van der Waals surface area contributed by atoms with Crippen molar-refractivity contribution in [3.63, 3.8) is 0 Å². The van der Waals surface area contributed by atoms with Crippen molar-refractivity contribution in [2.45, 2.75) is 6.92 Å². The average Bonchev–Trinajstić information content (AvgIpc) is 2.54. The van der Waals surface area contributed by atoms with E-state index in [1.54, 1.807) is 7.11 Å². The molecule has 21 heavy (non-hydrogen) atoms. The Morgan fingerprint density at radius 1 is 1.14 bits per heavy atom. The minimum atomic E-state index is 0.769. The number of fused-ring (bicyclic) bond motifs is 1. The molecule has 0 N–H and O–H groups in total. The molecule has 2 aromatic rings. The lowest BCUT2D eigenvalue weighted by Gasteiger charge is -2.31. The van der Waals surface area contributed by atoms with Crippen LogP contribution in [0.2, 0.25) is 0 Å². The second-order valence-corrected chi connectivity index (χ2v) is 4.94. The number of rotatable bonds is 3. The highest BCUT2D eigenvalue weighted by Gasteiger charge is 2.20. The van der Waals surface area contributed by atoms with Gasteiger partial charge in [-0.25, -0.2) is 0 Å². The van der Waals surface area contributed by atoms with Crippen LogP contribution >= 0.6 is 0 Å². The van der Waals surface area contributed by atoms with E-state index in [0.717, 1.165) is 41.6 Å². The largest absolute Gasteiger partial charge is 0.496 e. The van der Waals surface area contributed by atoms with Gasteiger partial charge in [-0.1, -0.05) is 30.3 Å². The number of benzene rings is 2. The van der Waals surface area contributed by atoms with Gasteiger partial charge in [0, 0.05) is 12.1 Å². The maximum absolute atomic E-state index is 6.03. The summed E-state index contributed by atoms with van der Waals surface area (Å²) in [5.41, 5.74) is 2.18. The molecule has 0 spiro atoms. The van der Waals surface area contributed by atoms with E-state index < -0.39 is 0 Å². The summed E-state index contributed by atoms with van der Waals surface area (Å²) in [5, 5.41) is 0. The smallest absolute Gasteiger partial charge is 0.150 e. The molecule has 3 rings (SSSR count). The summed E-state index contributed by atoms with van der Waals surface area (Å²) in [5.74, 6) is 2.70. The standard InChI is InChI=1S/C18H19NO2/c1-3-19-13-15(21-18-11-7-5-9-16(18)19)12-14-8-4-6-10-17(14)20-2/h4-12H,3,13H2,1-2H3/b15-12+. The topological polar surface area (TPSA) is 21.7 Å². The maximum atomic E-state index is 6.03. The zero-order valence-electron chi connectivity index (χ0n) is 12.4. The molecule has 0 atom stereocenters. The van der Waals surface area contributed by atoms with Crippen LogP contribution in [0.15, 0.2) is 54.3 Å². The maximum Gasteiger partial charge on any atom is 0.150 e. The summed E-state index contributed by atoms with van der Waals surface area (Å²) in [6.07, 6.45) is 2.05. The first-order valence-electron chi connectivity index (χ1n) is 7.17. The van der Waals surface area contributed by atoms with Gasteiger partial charge >= 0.3 is 0 Å². The van der Waals surface area contributed by atoms with Crippen molar-refractivity contribution in [2.75, 3.05) is 25.1 Å². The van der Waals surface area contributed by atoms with E-state index in [9.17, 15) is 0 Å². The van der Waals surface area contributed by atoms with Crippen molar-refractivity contribution in [3.05, 3.63) is 59.9 Å². The van der Waals surface area contributed by atoms with Crippen LogP contribution in [0.5, 0.6) is 11.5 Å². The van der Waals surface area contributed by atoms with Gasteiger partial charge in [0.2, 0.25) is 0 Å². The van der Waals surface area contributed by atoms with Gasteiger partial charge in [-0.05, 0) is 31.2 Å². The van der Waals surface area contributed by atoms with Crippen LogP contribution in [0.4, 0.5) is 5.69 Å². The SMILES string of the molecule is CCN1C/C(=C\c2ccccc2OC)Oc2ccccc21. The van der Waals surface area contributed by atoms with E-state index in [4.69, 9.17) is 9.47 Å². The molecule has 1 heterocycles. The fraction of sp³-hybridized carbons (Fsp3) is 0.222. The lowest BCUT2D eigenvalue weighted by molar-refractivity contribution is 0.399. The summed E-state index contributed by atoms with van der Waals surface area (Å²) in [4.78, 5) is 2.31. The van der Waals surface area contributed by atoms with Crippen LogP contribution in [0, 0.1) is 0 Å². The van der Waals surface area contributed by atoms with Gasteiger partial charge in [-0.3, -0.25) is 0 Å². The zero-order valence-corrected chi connectivity index (χ0v) is 12.4. The molecule has 0 radical (unpaired) electrons. The van der Waals surface area contributed by atoms with Gasteiger partial charge in [0.15, 0.2) is 0 Å². The molecule has 2 aromatic carbocycles. The van der Waals surface area contributed by atoms with E-state index in [1.807, 2.05) is 42.5 Å². The fourth-order valence-corrected chi connectivity index (χ4v) is 2.57. The number of hydrogen-bond donors (Lipinski definition) is 0. The molecule has 108 valence electrons. The van der Waals surface area contributed by atoms with E-state index in [-0.39, 0.29) is 0 Å². The molecule has 3 nitrogen and oxygen atoms in total. The van der Waals surface area contributed by atoms with Crippen molar-refractivity contribution in [1.29, 1.82) is 0 Å². The fourth-order valence-electron chi connectivity index (χ4n) is 2.57. The molecule has 0 saturated carbocycles. The zero-order chi connectivity index (χ0) is 14.7. The van der Waals surface area contributed by atoms with Crippen LogP contribution in [-0.2, 0) is 0 Å². The third-order valence-electron chi connectivity index (χ3n) is 3.63. The summed E-state index contributed by atoms with van der Waals surface area (Å²) in [6, 6.07) is 16.1. The molecule has 0 aliphatic carbocycles. The number of hydrogen-bond acceptors (Lipinski definition) is 3. The highest BCUT2D eigenvalue weighted by atomic mass is 16.5. The number of methoxy groups -OCH3 is 1. The van der Waals surface area contributed by atoms with E-state index in [0.29, 0.717) is 0 Å². The number of para-hydroxylation sites is 3. The first kappa shape index (κ1) is 13.6. The number of ether oxygens (including phenoxy) is 2.